The van der Waals surface area contributed by atoms with Gasteiger partial charge < -0.3 is 5.11 Å². The van der Waals surface area contributed by atoms with Gasteiger partial charge in [0, 0.05) is 0 Å². The van der Waals surface area contributed by atoms with Gasteiger partial charge in [-0.3, -0.25) is 4.79 Å². The summed E-state index contributed by atoms with van der Waals surface area (Å²) in [4.78, 5) is 10.5. The molecule has 0 aromatic rings. The molecule has 2 aliphatic carbocycles. The predicted octanol–water partition coefficient (Wildman–Crippen LogP) is 2.60. The summed E-state index contributed by atoms with van der Waals surface area (Å²) in [6.07, 6.45) is 8.83. The van der Waals surface area contributed by atoms with Gasteiger partial charge >= 0.3 is 5.97 Å². The maximum atomic E-state index is 10.5. The van der Waals surface area contributed by atoms with Crippen molar-refractivity contribution in [1.29, 1.82) is 0 Å². The van der Waals surface area contributed by atoms with Crippen molar-refractivity contribution < 1.29 is 9.90 Å². The number of hydrogen-bond donors (Lipinski definition) is 1. The average molecular weight is 180 g/mol. The molecule has 1 N–H and O–H groups in total. The Morgan fingerprint density at radius 3 is 2.92 bits per heavy atom. The Bertz CT molecular complexity index is 242. The quantitative estimate of drug-likeness (QED) is 0.663. The van der Waals surface area contributed by atoms with E-state index in [1.54, 1.807) is 0 Å². The van der Waals surface area contributed by atoms with E-state index in [2.05, 4.69) is 6.08 Å². The third-order valence-corrected chi connectivity index (χ3v) is 3.32. The summed E-state index contributed by atoms with van der Waals surface area (Å²) in [6.45, 7) is 0. The molecule has 0 aromatic heterocycles. The Labute approximate surface area is 78.6 Å². The molecule has 0 aliphatic heterocycles. The number of rotatable bonds is 2. The molecule has 72 valence electrons. The Morgan fingerprint density at radius 2 is 2.23 bits per heavy atom. The molecule has 0 radical (unpaired) electrons. The number of aliphatic carboxylic acids is 1. The molecule has 1 fully saturated rings. The van der Waals surface area contributed by atoms with Gasteiger partial charge in [-0.25, -0.2) is 0 Å². The van der Waals surface area contributed by atoms with Gasteiger partial charge in [-0.15, -0.1) is 0 Å². The lowest BCUT2D eigenvalue weighted by molar-refractivity contribution is -0.136. The molecule has 1 saturated carbocycles. The van der Waals surface area contributed by atoms with Crippen molar-refractivity contribution in [3.8, 4) is 0 Å². The molecule has 0 saturated heterocycles. The Kier molecular flexibility index (Phi) is 2.38. The van der Waals surface area contributed by atoms with E-state index in [0.717, 1.165) is 12.3 Å². The Hall–Kier alpha value is -0.790. The molecule has 2 heteroatoms. The van der Waals surface area contributed by atoms with E-state index in [4.69, 9.17) is 5.11 Å². The lowest BCUT2D eigenvalue weighted by Gasteiger charge is -2.24. The van der Waals surface area contributed by atoms with Crippen molar-refractivity contribution in [2.75, 3.05) is 0 Å². The number of carboxylic acid groups (broad SMARTS) is 1. The highest BCUT2D eigenvalue weighted by atomic mass is 16.4. The minimum absolute atomic E-state index is 0.271. The van der Waals surface area contributed by atoms with Crippen molar-refractivity contribution in [3.63, 3.8) is 0 Å². The summed E-state index contributed by atoms with van der Waals surface area (Å²) in [6, 6.07) is 0. The van der Waals surface area contributed by atoms with Gasteiger partial charge in [0.05, 0.1) is 6.42 Å². The van der Waals surface area contributed by atoms with Gasteiger partial charge in [0.2, 0.25) is 0 Å². The normalized spacial score (nSPS) is 32.5. The largest absolute Gasteiger partial charge is 0.481 e. The number of carbonyl (C=O) groups is 1. The zero-order valence-corrected chi connectivity index (χ0v) is 7.83. The zero-order chi connectivity index (χ0) is 9.26. The second-order valence-electron chi connectivity index (χ2n) is 4.31. The first-order chi connectivity index (χ1) is 6.25. The highest BCUT2D eigenvalue weighted by Crippen LogP contribution is 2.41. The van der Waals surface area contributed by atoms with Crippen molar-refractivity contribution in [2.45, 2.75) is 38.5 Å². The molecule has 0 heterocycles. The maximum absolute atomic E-state index is 10.5. The second kappa shape index (κ2) is 3.52. The van der Waals surface area contributed by atoms with Gasteiger partial charge in [0.1, 0.15) is 0 Å². The molecule has 0 amide bonds. The van der Waals surface area contributed by atoms with Crippen molar-refractivity contribution in [3.05, 3.63) is 11.6 Å². The van der Waals surface area contributed by atoms with Gasteiger partial charge in [0.15, 0.2) is 0 Å². The van der Waals surface area contributed by atoms with Crippen LogP contribution in [0.3, 0.4) is 0 Å². The van der Waals surface area contributed by atoms with E-state index in [9.17, 15) is 4.79 Å². The summed E-state index contributed by atoms with van der Waals surface area (Å²) >= 11 is 0. The summed E-state index contributed by atoms with van der Waals surface area (Å²) in [7, 11) is 0. The van der Waals surface area contributed by atoms with Gasteiger partial charge in [-0.05, 0) is 31.1 Å². The number of hydrogen-bond acceptors (Lipinski definition) is 1. The lowest BCUT2D eigenvalue weighted by atomic mass is 9.81. The molecule has 0 spiro atoms. The third kappa shape index (κ3) is 1.93. The van der Waals surface area contributed by atoms with Crippen LogP contribution in [0, 0.1) is 11.8 Å². The van der Waals surface area contributed by atoms with Crippen LogP contribution in [-0.2, 0) is 4.79 Å². The summed E-state index contributed by atoms with van der Waals surface area (Å²) in [5, 5.41) is 8.67. The van der Waals surface area contributed by atoms with E-state index >= 15 is 0 Å². The number of allylic oxidation sites excluding steroid dienone is 1. The number of carboxylic acids is 1. The van der Waals surface area contributed by atoms with Gasteiger partial charge in [-0.2, -0.15) is 0 Å². The minimum atomic E-state index is -0.676. The monoisotopic (exact) mass is 180 g/mol. The Morgan fingerprint density at radius 1 is 1.46 bits per heavy atom. The zero-order valence-electron chi connectivity index (χ0n) is 7.83. The van der Waals surface area contributed by atoms with Crippen LogP contribution in [0.15, 0.2) is 11.6 Å². The van der Waals surface area contributed by atoms with Crippen LogP contribution in [0.1, 0.15) is 38.5 Å². The smallest absolute Gasteiger partial charge is 0.307 e. The first-order valence-corrected chi connectivity index (χ1v) is 5.17. The topological polar surface area (TPSA) is 37.3 Å². The summed E-state index contributed by atoms with van der Waals surface area (Å²) in [5.74, 6) is 0.816. The third-order valence-electron chi connectivity index (χ3n) is 3.32. The maximum Gasteiger partial charge on any atom is 0.307 e. The van der Waals surface area contributed by atoms with E-state index in [1.807, 2.05) is 0 Å². The summed E-state index contributed by atoms with van der Waals surface area (Å²) < 4.78 is 0. The molecule has 0 aromatic carbocycles. The van der Waals surface area contributed by atoms with Crippen LogP contribution in [0.5, 0.6) is 0 Å². The van der Waals surface area contributed by atoms with Crippen molar-refractivity contribution in [2.24, 2.45) is 11.8 Å². The van der Waals surface area contributed by atoms with Crippen LogP contribution in [0.2, 0.25) is 0 Å². The molecule has 2 unspecified atom stereocenters. The van der Waals surface area contributed by atoms with Crippen LogP contribution in [-0.4, -0.2) is 11.1 Å². The fourth-order valence-electron chi connectivity index (χ4n) is 2.74. The van der Waals surface area contributed by atoms with E-state index < -0.39 is 5.97 Å². The Balaban J connectivity index is 1.97. The fourth-order valence-corrected chi connectivity index (χ4v) is 2.74. The summed E-state index contributed by atoms with van der Waals surface area (Å²) in [5.41, 5.74) is 1.17. The van der Waals surface area contributed by atoms with Crippen LogP contribution in [0.4, 0.5) is 0 Å². The van der Waals surface area contributed by atoms with E-state index in [1.165, 1.54) is 31.3 Å². The van der Waals surface area contributed by atoms with E-state index in [0.29, 0.717) is 5.92 Å². The first-order valence-electron chi connectivity index (χ1n) is 5.17. The molecule has 2 aliphatic rings. The van der Waals surface area contributed by atoms with Crippen molar-refractivity contribution in [1.82, 2.24) is 0 Å². The molecule has 2 rings (SSSR count). The van der Waals surface area contributed by atoms with Crippen molar-refractivity contribution >= 4 is 5.97 Å². The molecule has 0 bridgehead atoms. The standard InChI is InChI=1S/C11H16O2/c12-11(13)7-8-5-9-3-1-2-4-10(9)6-8/h5,9-10H,1-4,6-7H2,(H,12,13). The predicted molar refractivity (Wildman–Crippen MR) is 50.4 cm³/mol. The van der Waals surface area contributed by atoms with Crippen LogP contribution < -0.4 is 0 Å². The first kappa shape index (κ1) is 8.79. The van der Waals surface area contributed by atoms with E-state index in [-0.39, 0.29) is 6.42 Å². The van der Waals surface area contributed by atoms with Crippen LogP contribution in [0.25, 0.3) is 0 Å². The van der Waals surface area contributed by atoms with Gasteiger partial charge in [-0.1, -0.05) is 24.5 Å². The molecule has 2 nitrogen and oxygen atoms in total. The molecule has 13 heavy (non-hydrogen) atoms. The highest BCUT2D eigenvalue weighted by Gasteiger charge is 2.29. The SMILES string of the molecule is O=C(O)CC1=CC2CCCCC2C1. The molecular weight excluding hydrogens is 164 g/mol. The molecule has 2 atom stereocenters. The van der Waals surface area contributed by atoms with Crippen LogP contribution >= 0.6 is 0 Å². The lowest BCUT2D eigenvalue weighted by Crippen LogP contribution is -2.12. The highest BCUT2D eigenvalue weighted by molar-refractivity contribution is 5.70. The minimum Gasteiger partial charge on any atom is -0.481 e. The van der Waals surface area contributed by atoms with Gasteiger partial charge in [0.25, 0.3) is 0 Å². The number of fused-ring (bicyclic) bond motifs is 1. The second-order valence-corrected chi connectivity index (χ2v) is 4.31. The fraction of sp³-hybridized carbons (Fsp3) is 0.727. The molecular formula is C11H16O2. The average Bonchev–Trinajstić information content (AvgIpc) is 2.44.